The number of nitrogens with zero attached hydrogens (tertiary/aromatic N) is 1. The number of hydrogen-bond acceptors (Lipinski definition) is 3. The van der Waals surface area contributed by atoms with Gasteiger partial charge in [0.25, 0.3) is 0 Å². The van der Waals surface area contributed by atoms with Crippen molar-refractivity contribution in [2.24, 2.45) is 5.92 Å². The van der Waals surface area contributed by atoms with Gasteiger partial charge in [0.15, 0.2) is 0 Å². The van der Waals surface area contributed by atoms with Crippen LogP contribution in [0, 0.1) is 5.92 Å². The summed E-state index contributed by atoms with van der Waals surface area (Å²) in [7, 11) is 0. The van der Waals surface area contributed by atoms with Crippen LogP contribution < -0.4 is 4.74 Å². The van der Waals surface area contributed by atoms with Crippen molar-refractivity contribution >= 4 is 11.6 Å². The Bertz CT molecular complexity index is 305. The minimum atomic E-state index is 0.475. The van der Waals surface area contributed by atoms with Gasteiger partial charge in [0.1, 0.15) is 6.61 Å². The second-order valence-electron chi connectivity index (χ2n) is 3.95. The van der Waals surface area contributed by atoms with Gasteiger partial charge < -0.3 is 9.47 Å². The molecule has 0 spiro atoms. The minimum Gasteiger partial charge on any atom is -0.475 e. The number of aromatic nitrogens is 1. The molecule has 0 saturated heterocycles. The maximum absolute atomic E-state index is 5.71. The molecule has 3 nitrogen and oxygen atoms in total. The number of rotatable bonds is 7. The molecule has 16 heavy (non-hydrogen) atoms. The Morgan fingerprint density at radius 3 is 2.88 bits per heavy atom. The predicted octanol–water partition coefficient (Wildman–Crippen LogP) is 2.87. The highest BCUT2D eigenvalue weighted by Gasteiger charge is 1.98. The maximum Gasteiger partial charge on any atom is 0.213 e. The summed E-state index contributed by atoms with van der Waals surface area (Å²) in [5.74, 6) is 1.63. The summed E-state index contributed by atoms with van der Waals surface area (Å²) in [6.07, 6.45) is 1.70. The molecule has 0 radical (unpaired) electrons. The van der Waals surface area contributed by atoms with Gasteiger partial charge in [-0.1, -0.05) is 13.8 Å². The van der Waals surface area contributed by atoms with E-state index in [4.69, 9.17) is 21.1 Å². The molecule has 0 amide bonds. The first kappa shape index (κ1) is 13.3. The molecule has 0 aliphatic heterocycles. The lowest BCUT2D eigenvalue weighted by Crippen LogP contribution is -2.10. The van der Waals surface area contributed by atoms with Gasteiger partial charge in [0.05, 0.1) is 6.61 Å². The summed E-state index contributed by atoms with van der Waals surface area (Å²) in [5.41, 5.74) is 1.01. The average Bonchev–Trinajstić information content (AvgIpc) is 2.28. The highest BCUT2D eigenvalue weighted by molar-refractivity contribution is 6.17. The fourth-order valence-corrected chi connectivity index (χ4v) is 1.30. The fourth-order valence-electron chi connectivity index (χ4n) is 1.14. The Morgan fingerprint density at radius 1 is 1.38 bits per heavy atom. The van der Waals surface area contributed by atoms with E-state index in [0.717, 1.165) is 12.2 Å². The zero-order valence-electron chi connectivity index (χ0n) is 9.78. The molecule has 0 unspecified atom stereocenters. The first-order valence-corrected chi connectivity index (χ1v) is 5.97. The van der Waals surface area contributed by atoms with E-state index in [9.17, 15) is 0 Å². The quantitative estimate of drug-likeness (QED) is 0.545. The Kier molecular flexibility index (Phi) is 6.19. The van der Waals surface area contributed by atoms with Crippen molar-refractivity contribution in [2.75, 3.05) is 19.8 Å². The maximum atomic E-state index is 5.71. The molecule has 0 fully saturated rings. The van der Waals surface area contributed by atoms with Gasteiger partial charge in [-0.25, -0.2) is 4.98 Å². The standard InChI is InChI=1S/C12H18ClNO2/c1-10(2)9-15-5-6-16-12-7-11(8-13)3-4-14-12/h3-4,7,10H,5-6,8-9H2,1-2H3. The van der Waals surface area contributed by atoms with E-state index < -0.39 is 0 Å². The summed E-state index contributed by atoms with van der Waals surface area (Å²) >= 11 is 5.71. The first-order chi connectivity index (χ1) is 7.72. The van der Waals surface area contributed by atoms with Crippen LogP contribution in [0.15, 0.2) is 18.3 Å². The summed E-state index contributed by atoms with van der Waals surface area (Å²) < 4.78 is 10.8. The Labute approximate surface area is 102 Å². The third kappa shape index (κ3) is 5.33. The van der Waals surface area contributed by atoms with Gasteiger partial charge in [-0.05, 0) is 17.5 Å². The SMILES string of the molecule is CC(C)COCCOc1cc(CCl)ccn1. The summed E-state index contributed by atoms with van der Waals surface area (Å²) in [4.78, 5) is 4.08. The lowest BCUT2D eigenvalue weighted by Gasteiger charge is -2.08. The van der Waals surface area contributed by atoms with Gasteiger partial charge in [-0.15, -0.1) is 11.6 Å². The lowest BCUT2D eigenvalue weighted by molar-refractivity contribution is 0.0806. The van der Waals surface area contributed by atoms with Crippen molar-refractivity contribution in [1.82, 2.24) is 4.98 Å². The normalized spacial score (nSPS) is 10.8. The molecule has 0 saturated carbocycles. The molecule has 0 N–H and O–H groups in total. The summed E-state index contributed by atoms with van der Waals surface area (Å²) in [6.45, 7) is 6.10. The summed E-state index contributed by atoms with van der Waals surface area (Å²) in [5, 5.41) is 0. The van der Waals surface area contributed by atoms with E-state index in [0.29, 0.717) is 30.9 Å². The highest BCUT2D eigenvalue weighted by Crippen LogP contribution is 2.10. The average molecular weight is 244 g/mol. The van der Waals surface area contributed by atoms with E-state index in [1.165, 1.54) is 0 Å². The number of hydrogen-bond donors (Lipinski definition) is 0. The van der Waals surface area contributed by atoms with Crippen LogP contribution in [0.1, 0.15) is 19.4 Å². The van der Waals surface area contributed by atoms with Gasteiger partial charge in [-0.2, -0.15) is 0 Å². The van der Waals surface area contributed by atoms with Crippen molar-refractivity contribution < 1.29 is 9.47 Å². The van der Waals surface area contributed by atoms with Gasteiger partial charge in [0, 0.05) is 24.8 Å². The molecule has 1 aromatic heterocycles. The Balaban J connectivity index is 2.21. The van der Waals surface area contributed by atoms with Crippen LogP contribution in [-0.4, -0.2) is 24.8 Å². The molecular formula is C12H18ClNO2. The molecule has 0 bridgehead atoms. The van der Waals surface area contributed by atoms with Crippen molar-refractivity contribution in [2.45, 2.75) is 19.7 Å². The lowest BCUT2D eigenvalue weighted by atomic mass is 10.2. The smallest absolute Gasteiger partial charge is 0.213 e. The van der Waals surface area contributed by atoms with E-state index in [1.54, 1.807) is 6.20 Å². The molecule has 0 aromatic carbocycles. The molecule has 1 aromatic rings. The van der Waals surface area contributed by atoms with Crippen LogP contribution in [0.3, 0.4) is 0 Å². The number of halogens is 1. The highest BCUT2D eigenvalue weighted by atomic mass is 35.5. The van der Waals surface area contributed by atoms with E-state index in [1.807, 2.05) is 12.1 Å². The second-order valence-corrected chi connectivity index (χ2v) is 4.22. The van der Waals surface area contributed by atoms with Crippen LogP contribution in [0.2, 0.25) is 0 Å². The third-order valence-corrected chi connectivity index (χ3v) is 2.19. The minimum absolute atomic E-state index is 0.475. The molecule has 0 atom stereocenters. The monoisotopic (exact) mass is 243 g/mol. The zero-order chi connectivity index (χ0) is 11.8. The Morgan fingerprint density at radius 2 is 2.19 bits per heavy atom. The summed E-state index contributed by atoms with van der Waals surface area (Å²) in [6, 6.07) is 3.71. The largest absolute Gasteiger partial charge is 0.475 e. The van der Waals surface area contributed by atoms with Crippen molar-refractivity contribution in [3.05, 3.63) is 23.9 Å². The van der Waals surface area contributed by atoms with Crippen LogP contribution in [-0.2, 0) is 10.6 Å². The molecule has 0 aliphatic rings. The van der Waals surface area contributed by atoms with Gasteiger partial charge in [0.2, 0.25) is 5.88 Å². The first-order valence-electron chi connectivity index (χ1n) is 5.44. The molecule has 0 aliphatic carbocycles. The van der Waals surface area contributed by atoms with E-state index in [-0.39, 0.29) is 0 Å². The second kappa shape index (κ2) is 7.47. The van der Waals surface area contributed by atoms with Crippen LogP contribution in [0.5, 0.6) is 5.88 Å². The number of ether oxygens (including phenoxy) is 2. The number of pyridine rings is 1. The molecule has 90 valence electrons. The predicted molar refractivity (Wildman–Crippen MR) is 64.9 cm³/mol. The molecular weight excluding hydrogens is 226 g/mol. The van der Waals surface area contributed by atoms with Crippen molar-refractivity contribution in [3.8, 4) is 5.88 Å². The van der Waals surface area contributed by atoms with Gasteiger partial charge in [-0.3, -0.25) is 0 Å². The van der Waals surface area contributed by atoms with Crippen molar-refractivity contribution in [1.29, 1.82) is 0 Å². The topological polar surface area (TPSA) is 31.4 Å². The molecule has 4 heteroatoms. The zero-order valence-corrected chi connectivity index (χ0v) is 10.5. The van der Waals surface area contributed by atoms with Gasteiger partial charge >= 0.3 is 0 Å². The number of alkyl halides is 1. The van der Waals surface area contributed by atoms with Crippen LogP contribution >= 0.6 is 11.6 Å². The van der Waals surface area contributed by atoms with E-state index in [2.05, 4.69) is 18.8 Å². The Hall–Kier alpha value is -0.800. The van der Waals surface area contributed by atoms with E-state index >= 15 is 0 Å². The molecule has 1 heterocycles. The van der Waals surface area contributed by atoms with Crippen molar-refractivity contribution in [3.63, 3.8) is 0 Å². The fraction of sp³-hybridized carbons (Fsp3) is 0.583. The third-order valence-electron chi connectivity index (χ3n) is 1.88. The molecule has 1 rings (SSSR count). The van der Waals surface area contributed by atoms with Crippen LogP contribution in [0.25, 0.3) is 0 Å². The van der Waals surface area contributed by atoms with Crippen LogP contribution in [0.4, 0.5) is 0 Å².